The summed E-state index contributed by atoms with van der Waals surface area (Å²) in [6, 6.07) is 1.98. The smallest absolute Gasteiger partial charge is 0.0701 e. The fourth-order valence-electron chi connectivity index (χ4n) is 1.03. The molecule has 1 heterocycles. The Morgan fingerprint density at radius 3 is 2.85 bits per heavy atom. The number of ether oxygens (including phenoxy) is 2. The standard InChI is InChI=1S/C9H16N2O2/c1-9-3-4-10-11(9)5-6-13-8-7-12-2/h3-4H,5-8H2,1-2H3. The SMILES string of the molecule is COCCOCCn1nccc1C. The van der Waals surface area contributed by atoms with Crippen molar-refractivity contribution in [1.82, 2.24) is 9.78 Å². The van der Waals surface area contributed by atoms with Crippen molar-refractivity contribution in [3.63, 3.8) is 0 Å². The van der Waals surface area contributed by atoms with E-state index in [0.29, 0.717) is 19.8 Å². The zero-order chi connectivity index (χ0) is 9.52. The van der Waals surface area contributed by atoms with Gasteiger partial charge in [-0.05, 0) is 13.0 Å². The third kappa shape index (κ3) is 3.57. The maximum atomic E-state index is 5.32. The molecule has 1 aromatic rings. The van der Waals surface area contributed by atoms with Crippen LogP contribution in [0, 0.1) is 6.92 Å². The van der Waals surface area contributed by atoms with E-state index in [9.17, 15) is 0 Å². The first-order chi connectivity index (χ1) is 6.34. The van der Waals surface area contributed by atoms with Crippen molar-refractivity contribution in [2.24, 2.45) is 0 Å². The minimum Gasteiger partial charge on any atom is -0.382 e. The van der Waals surface area contributed by atoms with E-state index in [4.69, 9.17) is 9.47 Å². The molecule has 4 heteroatoms. The molecule has 0 spiro atoms. The van der Waals surface area contributed by atoms with E-state index in [1.807, 2.05) is 17.7 Å². The molecule has 0 N–H and O–H groups in total. The number of aryl methyl sites for hydroxylation is 1. The Labute approximate surface area is 78.5 Å². The normalized spacial score (nSPS) is 10.6. The molecule has 0 saturated heterocycles. The van der Waals surface area contributed by atoms with Crippen LogP contribution < -0.4 is 0 Å². The van der Waals surface area contributed by atoms with Gasteiger partial charge >= 0.3 is 0 Å². The van der Waals surface area contributed by atoms with Crippen LogP contribution in [-0.4, -0.2) is 36.7 Å². The molecule has 0 aromatic carbocycles. The van der Waals surface area contributed by atoms with Crippen molar-refractivity contribution in [3.05, 3.63) is 18.0 Å². The van der Waals surface area contributed by atoms with Gasteiger partial charge in [-0.15, -0.1) is 0 Å². The number of hydrogen-bond donors (Lipinski definition) is 0. The fraction of sp³-hybridized carbons (Fsp3) is 0.667. The quantitative estimate of drug-likeness (QED) is 0.615. The van der Waals surface area contributed by atoms with E-state index >= 15 is 0 Å². The summed E-state index contributed by atoms with van der Waals surface area (Å²) in [5.41, 5.74) is 1.16. The van der Waals surface area contributed by atoms with Gasteiger partial charge in [-0.25, -0.2) is 0 Å². The minimum absolute atomic E-state index is 0.650. The molecule has 13 heavy (non-hydrogen) atoms. The van der Waals surface area contributed by atoms with Crippen LogP contribution in [-0.2, 0) is 16.0 Å². The van der Waals surface area contributed by atoms with Crippen molar-refractivity contribution < 1.29 is 9.47 Å². The maximum absolute atomic E-state index is 5.32. The molecular formula is C9H16N2O2. The molecule has 0 amide bonds. The Hall–Kier alpha value is -0.870. The van der Waals surface area contributed by atoms with Gasteiger partial charge in [0, 0.05) is 19.0 Å². The average molecular weight is 184 g/mol. The van der Waals surface area contributed by atoms with E-state index in [0.717, 1.165) is 12.2 Å². The average Bonchev–Trinajstić information content (AvgIpc) is 2.52. The summed E-state index contributed by atoms with van der Waals surface area (Å²) in [6.45, 7) is 4.82. The molecule has 0 aliphatic rings. The molecule has 0 saturated carbocycles. The first-order valence-corrected chi connectivity index (χ1v) is 4.39. The second-order valence-corrected chi connectivity index (χ2v) is 2.80. The minimum atomic E-state index is 0.650. The van der Waals surface area contributed by atoms with Gasteiger partial charge in [-0.3, -0.25) is 4.68 Å². The van der Waals surface area contributed by atoms with Crippen LogP contribution in [0.2, 0.25) is 0 Å². The van der Waals surface area contributed by atoms with Crippen LogP contribution in [0.3, 0.4) is 0 Å². The van der Waals surface area contributed by atoms with Gasteiger partial charge in [0.05, 0.1) is 26.4 Å². The van der Waals surface area contributed by atoms with E-state index in [2.05, 4.69) is 5.10 Å². The molecular weight excluding hydrogens is 168 g/mol. The molecule has 0 bridgehead atoms. The van der Waals surface area contributed by atoms with Crippen LogP contribution in [0.5, 0.6) is 0 Å². The van der Waals surface area contributed by atoms with Crippen molar-refractivity contribution in [2.75, 3.05) is 26.9 Å². The molecule has 74 valence electrons. The van der Waals surface area contributed by atoms with Gasteiger partial charge in [-0.2, -0.15) is 5.10 Å². The molecule has 0 aliphatic carbocycles. The van der Waals surface area contributed by atoms with Gasteiger partial charge in [0.1, 0.15) is 0 Å². The monoisotopic (exact) mass is 184 g/mol. The van der Waals surface area contributed by atoms with Crippen LogP contribution >= 0.6 is 0 Å². The largest absolute Gasteiger partial charge is 0.382 e. The predicted octanol–water partition coefficient (Wildman–Crippen LogP) is 0.855. The van der Waals surface area contributed by atoms with Crippen molar-refractivity contribution in [3.8, 4) is 0 Å². The highest BCUT2D eigenvalue weighted by Gasteiger charge is 1.95. The third-order valence-corrected chi connectivity index (χ3v) is 1.81. The lowest BCUT2D eigenvalue weighted by molar-refractivity contribution is 0.0652. The van der Waals surface area contributed by atoms with Crippen molar-refractivity contribution >= 4 is 0 Å². The highest BCUT2D eigenvalue weighted by Crippen LogP contribution is 1.94. The Balaban J connectivity index is 2.10. The van der Waals surface area contributed by atoms with Crippen molar-refractivity contribution in [1.29, 1.82) is 0 Å². The van der Waals surface area contributed by atoms with Crippen LogP contribution in [0.4, 0.5) is 0 Å². The molecule has 0 aliphatic heterocycles. The maximum Gasteiger partial charge on any atom is 0.0701 e. The van der Waals surface area contributed by atoms with Gasteiger partial charge < -0.3 is 9.47 Å². The summed E-state index contributed by atoms with van der Waals surface area (Å²) in [6.07, 6.45) is 1.80. The van der Waals surface area contributed by atoms with Crippen molar-refractivity contribution in [2.45, 2.75) is 13.5 Å². The van der Waals surface area contributed by atoms with E-state index in [-0.39, 0.29) is 0 Å². The highest BCUT2D eigenvalue weighted by atomic mass is 16.5. The number of nitrogens with zero attached hydrogens (tertiary/aromatic N) is 2. The zero-order valence-electron chi connectivity index (χ0n) is 8.19. The molecule has 0 radical (unpaired) electrons. The van der Waals surface area contributed by atoms with Gasteiger partial charge in [0.25, 0.3) is 0 Å². The van der Waals surface area contributed by atoms with Crippen LogP contribution in [0.25, 0.3) is 0 Å². The summed E-state index contributed by atoms with van der Waals surface area (Å²) in [5, 5.41) is 4.14. The summed E-state index contributed by atoms with van der Waals surface area (Å²) in [7, 11) is 1.67. The Morgan fingerprint density at radius 2 is 2.23 bits per heavy atom. The second kappa shape index (κ2) is 5.72. The summed E-state index contributed by atoms with van der Waals surface area (Å²) >= 11 is 0. The van der Waals surface area contributed by atoms with Crippen LogP contribution in [0.15, 0.2) is 12.3 Å². The molecule has 0 unspecified atom stereocenters. The molecule has 1 aromatic heterocycles. The summed E-state index contributed by atoms with van der Waals surface area (Å²) in [4.78, 5) is 0. The Morgan fingerprint density at radius 1 is 1.38 bits per heavy atom. The summed E-state index contributed by atoms with van der Waals surface area (Å²) in [5.74, 6) is 0. The lowest BCUT2D eigenvalue weighted by Gasteiger charge is -2.05. The van der Waals surface area contributed by atoms with Crippen LogP contribution in [0.1, 0.15) is 5.69 Å². The lowest BCUT2D eigenvalue weighted by atomic mass is 10.5. The Kier molecular flexibility index (Phi) is 4.49. The van der Waals surface area contributed by atoms with E-state index in [1.54, 1.807) is 13.3 Å². The van der Waals surface area contributed by atoms with Gasteiger partial charge in [0.2, 0.25) is 0 Å². The Bertz CT molecular complexity index is 235. The second-order valence-electron chi connectivity index (χ2n) is 2.80. The number of rotatable bonds is 6. The van der Waals surface area contributed by atoms with Gasteiger partial charge in [0.15, 0.2) is 0 Å². The van der Waals surface area contributed by atoms with Gasteiger partial charge in [-0.1, -0.05) is 0 Å². The molecule has 0 atom stereocenters. The number of methoxy groups -OCH3 is 1. The molecule has 0 fully saturated rings. The first kappa shape index (κ1) is 10.2. The summed E-state index contributed by atoms with van der Waals surface area (Å²) < 4.78 is 12.1. The number of hydrogen-bond acceptors (Lipinski definition) is 3. The zero-order valence-corrected chi connectivity index (χ0v) is 8.19. The predicted molar refractivity (Wildman–Crippen MR) is 49.7 cm³/mol. The van der Waals surface area contributed by atoms with E-state index in [1.165, 1.54) is 0 Å². The first-order valence-electron chi connectivity index (χ1n) is 4.39. The van der Waals surface area contributed by atoms with E-state index < -0.39 is 0 Å². The number of aromatic nitrogens is 2. The topological polar surface area (TPSA) is 36.3 Å². The fourth-order valence-corrected chi connectivity index (χ4v) is 1.03. The third-order valence-electron chi connectivity index (χ3n) is 1.81. The molecule has 1 rings (SSSR count). The highest BCUT2D eigenvalue weighted by molar-refractivity contribution is 4.96. The lowest BCUT2D eigenvalue weighted by Crippen LogP contribution is -2.11. The molecule has 4 nitrogen and oxygen atoms in total.